The summed E-state index contributed by atoms with van der Waals surface area (Å²) in [5, 5.41) is 22.7. The highest BCUT2D eigenvalue weighted by Crippen LogP contribution is 2.52. The Kier molecular flexibility index (Phi) is 12.5. The van der Waals surface area contributed by atoms with E-state index in [-0.39, 0.29) is 31.0 Å². The fourth-order valence-corrected chi connectivity index (χ4v) is 9.73. The van der Waals surface area contributed by atoms with E-state index >= 15 is 0 Å². The van der Waals surface area contributed by atoms with Crippen molar-refractivity contribution in [2.45, 2.75) is 116 Å². The van der Waals surface area contributed by atoms with Gasteiger partial charge in [-0.2, -0.15) is 0 Å². The summed E-state index contributed by atoms with van der Waals surface area (Å²) in [7, 11) is 3.91. The lowest BCUT2D eigenvalue weighted by Gasteiger charge is -2.35. The molecule has 4 N–H and O–H groups in total. The van der Waals surface area contributed by atoms with E-state index in [0.29, 0.717) is 76.6 Å². The Bertz CT molecular complexity index is 2120. The van der Waals surface area contributed by atoms with E-state index in [1.807, 2.05) is 72.0 Å². The highest BCUT2D eigenvalue weighted by molar-refractivity contribution is 7.14. The number of aliphatic carboxylic acids is 1. The minimum absolute atomic E-state index is 0.0265. The Morgan fingerprint density at radius 2 is 1.78 bits per heavy atom. The molecule has 3 amide bonds. The van der Waals surface area contributed by atoms with Gasteiger partial charge in [-0.05, 0) is 88.9 Å². The summed E-state index contributed by atoms with van der Waals surface area (Å²) in [6.45, 7) is 12.5. The predicted molar refractivity (Wildman–Crippen MR) is 230 cm³/mol. The fraction of sp³-hybridized carbons (Fsp3) is 0.628. The molecule has 3 heterocycles. The van der Waals surface area contributed by atoms with Gasteiger partial charge in [-0.1, -0.05) is 45.7 Å². The van der Waals surface area contributed by atoms with Gasteiger partial charge in [0.15, 0.2) is 5.13 Å². The number of hydrogen-bond donors (Lipinski definition) is 4. The molecule has 1 saturated heterocycles. The first-order valence-electron chi connectivity index (χ1n) is 21.0. The van der Waals surface area contributed by atoms with Crippen LogP contribution < -0.4 is 25.4 Å². The summed E-state index contributed by atoms with van der Waals surface area (Å²) in [5.74, 6) is -0.373. The van der Waals surface area contributed by atoms with Crippen molar-refractivity contribution in [3.63, 3.8) is 0 Å². The molecule has 17 heteroatoms. The zero-order valence-electron chi connectivity index (χ0n) is 35.7. The molecular formula is C43H58ClN7O8S. The summed E-state index contributed by atoms with van der Waals surface area (Å²) >= 11 is 8.46. The van der Waals surface area contributed by atoms with Crippen molar-refractivity contribution in [2.24, 2.45) is 23.2 Å². The number of nitrogens with zero attached hydrogens (tertiary/aromatic N) is 4. The number of pyridine rings is 1. The fourth-order valence-electron chi connectivity index (χ4n) is 8.61. The van der Waals surface area contributed by atoms with Gasteiger partial charge < -0.3 is 45.1 Å². The predicted octanol–water partition coefficient (Wildman–Crippen LogP) is 6.43. The van der Waals surface area contributed by atoms with Crippen molar-refractivity contribution >= 4 is 62.8 Å². The van der Waals surface area contributed by atoms with E-state index in [2.05, 4.69) is 16.0 Å². The average Bonchev–Trinajstić information content (AvgIpc) is 3.84. The third-order valence-corrected chi connectivity index (χ3v) is 13.3. The van der Waals surface area contributed by atoms with Gasteiger partial charge in [0.1, 0.15) is 58.7 Å². The number of aromatic nitrogens is 2. The second-order valence-electron chi connectivity index (χ2n) is 18.5. The van der Waals surface area contributed by atoms with E-state index in [1.54, 1.807) is 12.1 Å². The van der Waals surface area contributed by atoms with E-state index in [1.165, 1.54) is 22.7 Å². The monoisotopic (exact) mass is 867 g/mol. The van der Waals surface area contributed by atoms with Crippen LogP contribution >= 0.6 is 22.9 Å². The van der Waals surface area contributed by atoms with Gasteiger partial charge in [0.05, 0.1) is 17.8 Å². The lowest BCUT2D eigenvalue weighted by molar-refractivity contribution is -0.146. The van der Waals surface area contributed by atoms with Gasteiger partial charge in [0.2, 0.25) is 11.8 Å². The number of benzene rings is 1. The second-order valence-corrected chi connectivity index (χ2v) is 19.8. The third-order valence-electron chi connectivity index (χ3n) is 12.1. The normalized spacial score (nSPS) is 26.1. The molecule has 4 fully saturated rings. The van der Waals surface area contributed by atoms with Gasteiger partial charge in [-0.25, -0.2) is 19.6 Å². The molecular weight excluding hydrogens is 810 g/mol. The summed E-state index contributed by atoms with van der Waals surface area (Å²) < 4.78 is 18.6. The van der Waals surface area contributed by atoms with Gasteiger partial charge >= 0.3 is 12.1 Å². The molecule has 4 aliphatic rings. The molecule has 15 nitrogen and oxygen atoms in total. The number of hydrogen-bond acceptors (Lipinski definition) is 12. The van der Waals surface area contributed by atoms with Crippen LogP contribution in [-0.4, -0.2) is 118 Å². The van der Waals surface area contributed by atoms with Gasteiger partial charge in [-0.15, -0.1) is 11.3 Å². The summed E-state index contributed by atoms with van der Waals surface area (Å²) in [6.07, 6.45) is 2.14. The molecule has 0 spiro atoms. The number of amides is 3. The number of carboxylic acid groups (broad SMARTS) is 1. The number of likely N-dealkylation sites (N-methyl/N-ethyl adjacent to an activating group) is 1. The van der Waals surface area contributed by atoms with Crippen LogP contribution in [0.25, 0.3) is 22.3 Å². The van der Waals surface area contributed by atoms with Crippen molar-refractivity contribution in [1.29, 1.82) is 0 Å². The maximum absolute atomic E-state index is 14.8. The topological polar surface area (TPSA) is 185 Å². The van der Waals surface area contributed by atoms with Crippen LogP contribution in [0.5, 0.6) is 11.5 Å². The molecule has 1 aliphatic heterocycles. The van der Waals surface area contributed by atoms with Crippen molar-refractivity contribution in [1.82, 2.24) is 30.4 Å². The first-order valence-corrected chi connectivity index (χ1v) is 22.3. The van der Waals surface area contributed by atoms with E-state index < -0.39 is 53.0 Å². The molecule has 60 heavy (non-hydrogen) atoms. The molecule has 2 unspecified atom stereocenters. The summed E-state index contributed by atoms with van der Waals surface area (Å²) in [5.41, 5.74) is -0.675. The number of anilines is 1. The van der Waals surface area contributed by atoms with Crippen LogP contribution in [-0.2, 0) is 19.1 Å². The molecule has 3 saturated carbocycles. The van der Waals surface area contributed by atoms with Crippen LogP contribution in [0.4, 0.5) is 9.93 Å². The Hall–Kier alpha value is -4.41. The maximum atomic E-state index is 14.8. The number of carbonyl (C=O) groups excluding carboxylic acids is 3. The molecule has 0 radical (unpaired) electrons. The van der Waals surface area contributed by atoms with Crippen LogP contribution in [0.15, 0.2) is 23.6 Å². The number of nitrogens with one attached hydrogen (secondary N) is 3. The highest BCUT2D eigenvalue weighted by atomic mass is 35.5. The SMILES string of the molecule is CC[C@@H]1CC1(NC(=O)[C@@H]1C[C@@H](Oc2cc(-c3csc(NC(C)C)n3)nc3c(Cl)c(OCCN(C)C)ccc23)CN1C(=O)[C@@H](NC(=O)OC1C[C@@H]2C[C@@H]2C1)C(C)(C)C)C(=O)O. The Balaban J connectivity index is 1.21. The lowest BCUT2D eigenvalue weighted by atomic mass is 9.85. The van der Waals surface area contributed by atoms with Crippen LogP contribution in [0, 0.1) is 23.2 Å². The van der Waals surface area contributed by atoms with Crippen molar-refractivity contribution in [3.05, 3.63) is 28.6 Å². The lowest BCUT2D eigenvalue weighted by Crippen LogP contribution is -2.59. The zero-order valence-corrected chi connectivity index (χ0v) is 37.2. The molecule has 326 valence electrons. The minimum Gasteiger partial charge on any atom is -0.491 e. The summed E-state index contributed by atoms with van der Waals surface area (Å²) in [4.78, 5) is 68.0. The zero-order chi connectivity index (χ0) is 43.3. The van der Waals surface area contributed by atoms with E-state index in [0.717, 1.165) is 18.0 Å². The number of likely N-dealkylation sites (tertiary alicyclic amines) is 1. The highest BCUT2D eigenvalue weighted by Gasteiger charge is 2.61. The van der Waals surface area contributed by atoms with E-state index in [9.17, 15) is 24.3 Å². The molecule has 7 rings (SSSR count). The Morgan fingerprint density at radius 1 is 1.05 bits per heavy atom. The number of fused-ring (bicyclic) bond motifs is 2. The molecule has 2 aromatic heterocycles. The first-order chi connectivity index (χ1) is 28.4. The van der Waals surface area contributed by atoms with Gasteiger partial charge in [0, 0.05) is 35.8 Å². The number of ether oxygens (including phenoxy) is 3. The smallest absolute Gasteiger partial charge is 0.408 e. The van der Waals surface area contributed by atoms with Crippen molar-refractivity contribution in [2.75, 3.05) is 39.1 Å². The second kappa shape index (κ2) is 17.2. The molecule has 1 aromatic carbocycles. The largest absolute Gasteiger partial charge is 0.491 e. The summed E-state index contributed by atoms with van der Waals surface area (Å²) in [6, 6.07) is 3.36. The molecule has 8 atom stereocenters. The standard InChI is InChI=1S/C43H58ClN7O8S/c1-9-25-19-43(25,39(54)55)49-37(52)31-17-27(20-51(31)38(53)36(42(4,5)6)48-41(56)59-26-15-23-14-24(23)16-26)58-33-18-29(30-21-60-40(47-30)45-22(2)3)46-35-28(33)10-11-32(34(35)44)57-13-12-50(7)8/h10-11,18,21-27,31,36H,9,12-17,19-20H2,1-8H3,(H,45,47)(H,48,56)(H,49,52)(H,54,55)/t23-,24+,25-,26?,27-,31+,36-,43?/m1/s1. The van der Waals surface area contributed by atoms with Gasteiger partial charge in [-0.3, -0.25) is 9.59 Å². The molecule has 3 aromatic rings. The van der Waals surface area contributed by atoms with Crippen LogP contribution in [0.3, 0.4) is 0 Å². The van der Waals surface area contributed by atoms with Crippen LogP contribution in [0.1, 0.15) is 80.1 Å². The van der Waals surface area contributed by atoms with Gasteiger partial charge in [0.25, 0.3) is 0 Å². The van der Waals surface area contributed by atoms with E-state index in [4.69, 9.17) is 35.8 Å². The third kappa shape index (κ3) is 9.40. The number of halogens is 1. The number of carboxylic acids is 1. The Morgan fingerprint density at radius 3 is 2.42 bits per heavy atom. The quantitative estimate of drug-likeness (QED) is 0.124. The maximum Gasteiger partial charge on any atom is 0.408 e. The van der Waals surface area contributed by atoms with Crippen molar-refractivity contribution in [3.8, 4) is 22.9 Å². The van der Waals surface area contributed by atoms with Crippen molar-refractivity contribution < 1.29 is 38.5 Å². The first kappa shape index (κ1) is 43.7. The molecule has 3 aliphatic carbocycles. The number of carbonyl (C=O) groups is 4. The molecule has 0 bridgehead atoms. The number of alkyl carbamates (subject to hydrolysis) is 1. The van der Waals surface area contributed by atoms with Crippen LogP contribution in [0.2, 0.25) is 5.02 Å². The minimum atomic E-state index is -1.41. The number of rotatable bonds is 16. The average molecular weight is 868 g/mol. The Labute approximate surface area is 360 Å². The number of thiazole rings is 1.